The van der Waals surface area contributed by atoms with Crippen molar-refractivity contribution in [2.75, 3.05) is 13.1 Å². The number of rotatable bonds is 4. The maximum atomic E-state index is 12.1. The maximum Gasteiger partial charge on any atom is 0.279 e. The normalized spacial score (nSPS) is 18.7. The van der Waals surface area contributed by atoms with Gasteiger partial charge in [0.15, 0.2) is 0 Å². The summed E-state index contributed by atoms with van der Waals surface area (Å²) in [6.45, 7) is 1.55. The van der Waals surface area contributed by atoms with Gasteiger partial charge in [-0.25, -0.2) is 0 Å². The maximum absolute atomic E-state index is 12.1. The standard InChI is InChI=1S/C11H20N4O2S/c1-14-10-11(8-12-14)9-13-18(16,17)15-6-4-2-3-5-7-15/h8,10,13H,2-7,9H2,1H3. The molecule has 1 aromatic rings. The molecule has 7 heteroatoms. The molecular formula is C11H20N4O2S. The summed E-state index contributed by atoms with van der Waals surface area (Å²) in [5, 5.41) is 4.01. The number of hydrogen-bond donors (Lipinski definition) is 1. The van der Waals surface area contributed by atoms with Crippen LogP contribution in [-0.4, -0.2) is 35.6 Å². The molecule has 102 valence electrons. The molecule has 18 heavy (non-hydrogen) atoms. The van der Waals surface area contributed by atoms with Crippen LogP contribution < -0.4 is 4.72 Å². The van der Waals surface area contributed by atoms with Gasteiger partial charge in [0, 0.05) is 38.4 Å². The summed E-state index contributed by atoms with van der Waals surface area (Å²) in [6, 6.07) is 0. The van der Waals surface area contributed by atoms with Crippen LogP contribution in [0.3, 0.4) is 0 Å². The lowest BCUT2D eigenvalue weighted by molar-refractivity contribution is 0.414. The predicted molar refractivity (Wildman–Crippen MR) is 69.0 cm³/mol. The summed E-state index contributed by atoms with van der Waals surface area (Å²) in [4.78, 5) is 0. The summed E-state index contributed by atoms with van der Waals surface area (Å²) in [7, 11) is -1.54. The van der Waals surface area contributed by atoms with E-state index >= 15 is 0 Å². The van der Waals surface area contributed by atoms with Crippen molar-refractivity contribution in [1.82, 2.24) is 18.8 Å². The summed E-state index contributed by atoms with van der Waals surface area (Å²) in [5.74, 6) is 0. The second-order valence-corrected chi connectivity index (χ2v) is 6.42. The zero-order valence-corrected chi connectivity index (χ0v) is 11.5. The van der Waals surface area contributed by atoms with E-state index in [9.17, 15) is 8.42 Å². The predicted octanol–water partition coefficient (Wildman–Crippen LogP) is 0.630. The monoisotopic (exact) mass is 272 g/mol. The fraction of sp³-hybridized carbons (Fsp3) is 0.727. The van der Waals surface area contributed by atoms with E-state index in [1.54, 1.807) is 15.2 Å². The van der Waals surface area contributed by atoms with Crippen molar-refractivity contribution < 1.29 is 8.42 Å². The fourth-order valence-electron chi connectivity index (χ4n) is 2.11. The third kappa shape index (κ3) is 3.54. The highest BCUT2D eigenvalue weighted by molar-refractivity contribution is 7.87. The van der Waals surface area contributed by atoms with Gasteiger partial charge in [0.1, 0.15) is 0 Å². The minimum atomic E-state index is -3.35. The molecule has 0 radical (unpaired) electrons. The Balaban J connectivity index is 1.93. The van der Waals surface area contributed by atoms with E-state index in [-0.39, 0.29) is 0 Å². The van der Waals surface area contributed by atoms with E-state index in [1.165, 1.54) is 0 Å². The summed E-state index contributed by atoms with van der Waals surface area (Å²) < 4.78 is 30.1. The molecule has 1 fully saturated rings. The topological polar surface area (TPSA) is 67.2 Å². The Hall–Kier alpha value is -0.920. The molecule has 0 aliphatic carbocycles. The van der Waals surface area contributed by atoms with E-state index in [0.29, 0.717) is 19.6 Å². The molecule has 1 aliphatic heterocycles. The summed E-state index contributed by atoms with van der Waals surface area (Å²) in [5.41, 5.74) is 0.871. The summed E-state index contributed by atoms with van der Waals surface area (Å²) in [6.07, 6.45) is 7.63. The molecule has 1 aromatic heterocycles. The molecule has 2 rings (SSSR count). The highest BCUT2D eigenvalue weighted by atomic mass is 32.2. The number of aromatic nitrogens is 2. The third-order valence-electron chi connectivity index (χ3n) is 3.12. The molecule has 0 unspecified atom stereocenters. The molecule has 0 amide bonds. The van der Waals surface area contributed by atoms with Crippen LogP contribution in [0.25, 0.3) is 0 Å². The average Bonchev–Trinajstić information content (AvgIpc) is 2.59. The van der Waals surface area contributed by atoms with Crippen LogP contribution in [0.2, 0.25) is 0 Å². The van der Waals surface area contributed by atoms with Crippen molar-refractivity contribution >= 4 is 10.2 Å². The van der Waals surface area contributed by atoms with Gasteiger partial charge in [-0.15, -0.1) is 0 Å². The van der Waals surface area contributed by atoms with Gasteiger partial charge in [0.25, 0.3) is 10.2 Å². The van der Waals surface area contributed by atoms with Crippen molar-refractivity contribution in [1.29, 1.82) is 0 Å². The van der Waals surface area contributed by atoms with Crippen LogP contribution in [0.15, 0.2) is 12.4 Å². The number of nitrogens with one attached hydrogen (secondary N) is 1. The molecule has 1 aliphatic rings. The lowest BCUT2D eigenvalue weighted by Crippen LogP contribution is -2.40. The van der Waals surface area contributed by atoms with E-state index in [4.69, 9.17) is 0 Å². The van der Waals surface area contributed by atoms with Gasteiger partial charge in [-0.1, -0.05) is 12.8 Å². The van der Waals surface area contributed by atoms with Crippen LogP contribution in [0.4, 0.5) is 0 Å². The fourth-order valence-corrected chi connectivity index (χ4v) is 3.38. The van der Waals surface area contributed by atoms with Crippen molar-refractivity contribution in [2.45, 2.75) is 32.2 Å². The first-order valence-electron chi connectivity index (χ1n) is 6.30. The first kappa shape index (κ1) is 13.5. The van der Waals surface area contributed by atoms with Gasteiger partial charge in [0.05, 0.1) is 6.20 Å². The Bertz CT molecular complexity index is 475. The number of hydrogen-bond acceptors (Lipinski definition) is 3. The minimum Gasteiger partial charge on any atom is -0.275 e. The van der Waals surface area contributed by atoms with Gasteiger partial charge in [-0.3, -0.25) is 4.68 Å². The minimum absolute atomic E-state index is 0.298. The molecule has 0 aromatic carbocycles. The van der Waals surface area contributed by atoms with Gasteiger partial charge >= 0.3 is 0 Å². The highest BCUT2D eigenvalue weighted by Gasteiger charge is 2.22. The lowest BCUT2D eigenvalue weighted by Gasteiger charge is -2.19. The second kappa shape index (κ2) is 5.81. The van der Waals surface area contributed by atoms with Gasteiger partial charge < -0.3 is 0 Å². The lowest BCUT2D eigenvalue weighted by atomic mass is 10.2. The largest absolute Gasteiger partial charge is 0.279 e. The van der Waals surface area contributed by atoms with Crippen LogP contribution in [-0.2, 0) is 23.8 Å². The van der Waals surface area contributed by atoms with Crippen LogP contribution in [0.5, 0.6) is 0 Å². The van der Waals surface area contributed by atoms with E-state index in [2.05, 4.69) is 9.82 Å². The number of aryl methyl sites for hydroxylation is 1. The van der Waals surface area contributed by atoms with E-state index < -0.39 is 10.2 Å². The van der Waals surface area contributed by atoms with Crippen molar-refractivity contribution in [3.63, 3.8) is 0 Å². The smallest absolute Gasteiger partial charge is 0.275 e. The van der Waals surface area contributed by atoms with Crippen LogP contribution >= 0.6 is 0 Å². The third-order valence-corrected chi connectivity index (χ3v) is 4.68. The summed E-state index contributed by atoms with van der Waals surface area (Å²) >= 11 is 0. The quantitative estimate of drug-likeness (QED) is 0.874. The Labute approximate surface area is 108 Å². The Morgan fingerprint density at radius 1 is 1.28 bits per heavy atom. The molecule has 1 saturated heterocycles. The first-order chi connectivity index (χ1) is 8.58. The highest BCUT2D eigenvalue weighted by Crippen LogP contribution is 2.12. The van der Waals surface area contributed by atoms with Crippen molar-refractivity contribution in [3.8, 4) is 0 Å². The van der Waals surface area contributed by atoms with Crippen molar-refractivity contribution in [2.24, 2.45) is 7.05 Å². The molecule has 0 atom stereocenters. The molecule has 1 N–H and O–H groups in total. The van der Waals surface area contributed by atoms with Crippen LogP contribution in [0.1, 0.15) is 31.2 Å². The van der Waals surface area contributed by atoms with Gasteiger partial charge in [-0.05, 0) is 12.8 Å². The Morgan fingerprint density at radius 2 is 1.94 bits per heavy atom. The van der Waals surface area contributed by atoms with Crippen molar-refractivity contribution in [3.05, 3.63) is 18.0 Å². The van der Waals surface area contributed by atoms with E-state index in [1.807, 2.05) is 13.2 Å². The average molecular weight is 272 g/mol. The molecule has 0 saturated carbocycles. The Kier molecular flexibility index (Phi) is 4.36. The molecule has 0 spiro atoms. The van der Waals surface area contributed by atoms with E-state index in [0.717, 1.165) is 31.2 Å². The molecular weight excluding hydrogens is 252 g/mol. The SMILES string of the molecule is Cn1cc(CNS(=O)(=O)N2CCCCCC2)cn1. The van der Waals surface area contributed by atoms with Crippen LogP contribution in [0, 0.1) is 0 Å². The Morgan fingerprint density at radius 3 is 2.50 bits per heavy atom. The molecule has 2 heterocycles. The number of nitrogens with zero attached hydrogens (tertiary/aromatic N) is 3. The second-order valence-electron chi connectivity index (χ2n) is 4.66. The molecule has 6 nitrogen and oxygen atoms in total. The zero-order chi connectivity index (χ0) is 13.0. The molecule has 0 bridgehead atoms. The van der Waals surface area contributed by atoms with Gasteiger partial charge in [0.2, 0.25) is 0 Å². The first-order valence-corrected chi connectivity index (χ1v) is 7.74. The zero-order valence-electron chi connectivity index (χ0n) is 10.7. The van der Waals surface area contributed by atoms with Gasteiger partial charge in [-0.2, -0.15) is 22.5 Å².